The van der Waals surface area contributed by atoms with E-state index in [0.717, 1.165) is 31.5 Å². The third kappa shape index (κ3) is 2.76. The van der Waals surface area contributed by atoms with E-state index >= 15 is 0 Å². The van der Waals surface area contributed by atoms with Crippen LogP contribution in [-0.4, -0.2) is 27.9 Å². The monoisotopic (exact) mass is 297 g/mol. The summed E-state index contributed by atoms with van der Waals surface area (Å²) in [5.74, 6) is 0.139. The first-order chi connectivity index (χ1) is 10.8. The first kappa shape index (κ1) is 13.5. The Morgan fingerprint density at radius 2 is 2.14 bits per heavy atom. The van der Waals surface area contributed by atoms with Crippen LogP contribution in [0.1, 0.15) is 29.7 Å². The second-order valence-electron chi connectivity index (χ2n) is 6.16. The van der Waals surface area contributed by atoms with E-state index in [9.17, 15) is 4.79 Å². The molecular weight excluding hydrogens is 278 g/mol. The van der Waals surface area contributed by atoms with E-state index in [1.165, 1.54) is 17.5 Å². The van der Waals surface area contributed by atoms with Crippen molar-refractivity contribution in [2.45, 2.75) is 44.4 Å². The maximum Gasteiger partial charge on any atom is 0.237 e. The van der Waals surface area contributed by atoms with Crippen molar-refractivity contribution in [2.24, 2.45) is 0 Å². The van der Waals surface area contributed by atoms with Gasteiger partial charge in [0.15, 0.2) is 6.39 Å². The molecule has 5 heteroatoms. The van der Waals surface area contributed by atoms with Crippen molar-refractivity contribution in [1.29, 1.82) is 0 Å². The van der Waals surface area contributed by atoms with Crippen molar-refractivity contribution in [2.75, 3.05) is 0 Å². The molecule has 0 saturated heterocycles. The minimum absolute atomic E-state index is 0.132. The molecule has 2 aromatic rings. The predicted molar refractivity (Wildman–Crippen MR) is 80.8 cm³/mol. The Morgan fingerprint density at radius 3 is 2.86 bits per heavy atom. The van der Waals surface area contributed by atoms with Crippen LogP contribution >= 0.6 is 0 Å². The molecule has 0 unspecified atom stereocenters. The van der Waals surface area contributed by atoms with Crippen LogP contribution in [0.25, 0.3) is 0 Å². The molecule has 0 spiro atoms. The van der Waals surface area contributed by atoms with E-state index in [1.807, 2.05) is 6.07 Å². The molecule has 5 nitrogen and oxygen atoms in total. The number of aromatic nitrogens is 1. The van der Waals surface area contributed by atoms with Crippen LogP contribution in [0.3, 0.4) is 0 Å². The third-order valence-corrected chi connectivity index (χ3v) is 4.42. The van der Waals surface area contributed by atoms with Gasteiger partial charge in [-0.3, -0.25) is 9.69 Å². The molecule has 1 amide bonds. The highest BCUT2D eigenvalue weighted by molar-refractivity contribution is 5.83. The van der Waals surface area contributed by atoms with Crippen molar-refractivity contribution in [3.05, 3.63) is 53.7 Å². The first-order valence-corrected chi connectivity index (χ1v) is 7.78. The van der Waals surface area contributed by atoms with Crippen LogP contribution in [0.4, 0.5) is 0 Å². The second-order valence-corrected chi connectivity index (χ2v) is 6.16. The molecule has 1 aromatic carbocycles. The van der Waals surface area contributed by atoms with Gasteiger partial charge >= 0.3 is 0 Å². The molecule has 0 bridgehead atoms. The summed E-state index contributed by atoms with van der Waals surface area (Å²) in [6.07, 6.45) is 6.06. The average Bonchev–Trinajstić information content (AvgIpc) is 3.19. The summed E-state index contributed by atoms with van der Waals surface area (Å²) in [6.45, 7) is 1.40. The number of amides is 1. The largest absolute Gasteiger partial charge is 0.451 e. The number of fused-ring (bicyclic) bond motifs is 1. The number of oxazole rings is 1. The van der Waals surface area contributed by atoms with Crippen molar-refractivity contribution in [1.82, 2.24) is 15.2 Å². The zero-order valence-corrected chi connectivity index (χ0v) is 12.4. The Balaban J connectivity index is 1.58. The Kier molecular flexibility index (Phi) is 3.42. The molecular formula is C17H19N3O2. The lowest BCUT2D eigenvalue weighted by Gasteiger charge is -2.35. The molecule has 2 heterocycles. The van der Waals surface area contributed by atoms with E-state index in [0.29, 0.717) is 12.6 Å². The number of nitrogens with zero attached hydrogens (tertiary/aromatic N) is 2. The highest BCUT2D eigenvalue weighted by Crippen LogP contribution is 2.26. The summed E-state index contributed by atoms with van der Waals surface area (Å²) in [7, 11) is 0. The summed E-state index contributed by atoms with van der Waals surface area (Å²) in [4.78, 5) is 19.0. The molecule has 1 aliphatic heterocycles. The summed E-state index contributed by atoms with van der Waals surface area (Å²) in [6, 6.07) is 8.62. The van der Waals surface area contributed by atoms with Crippen molar-refractivity contribution < 1.29 is 9.21 Å². The molecule has 1 N–H and O–H groups in total. The lowest BCUT2D eigenvalue weighted by Crippen LogP contribution is -2.50. The minimum Gasteiger partial charge on any atom is -0.451 e. The van der Waals surface area contributed by atoms with Crippen LogP contribution in [0.15, 0.2) is 41.3 Å². The van der Waals surface area contributed by atoms with Gasteiger partial charge in [-0.15, -0.1) is 0 Å². The number of rotatable bonds is 4. The van der Waals surface area contributed by atoms with Crippen molar-refractivity contribution in [3.63, 3.8) is 0 Å². The smallest absolute Gasteiger partial charge is 0.237 e. The van der Waals surface area contributed by atoms with E-state index in [4.69, 9.17) is 4.42 Å². The fourth-order valence-corrected chi connectivity index (χ4v) is 3.05. The van der Waals surface area contributed by atoms with Gasteiger partial charge in [0.2, 0.25) is 5.91 Å². The molecule has 1 aromatic heterocycles. The van der Waals surface area contributed by atoms with Gasteiger partial charge in [-0.1, -0.05) is 24.3 Å². The second kappa shape index (κ2) is 5.57. The number of nitrogens with one attached hydrogen (secondary N) is 1. The van der Waals surface area contributed by atoms with Gasteiger partial charge < -0.3 is 9.73 Å². The maximum atomic E-state index is 12.6. The Hall–Kier alpha value is -2.14. The van der Waals surface area contributed by atoms with Gasteiger partial charge in [-0.2, -0.15) is 0 Å². The van der Waals surface area contributed by atoms with Gasteiger partial charge in [0.25, 0.3) is 0 Å². The molecule has 1 aliphatic carbocycles. The molecule has 4 rings (SSSR count). The molecule has 2 aliphatic rings. The Bertz CT molecular complexity index is 664. The quantitative estimate of drug-likeness (QED) is 0.936. The topological polar surface area (TPSA) is 58.4 Å². The zero-order valence-electron chi connectivity index (χ0n) is 12.4. The number of carbonyl (C=O) groups excluding carboxylic acids is 1. The van der Waals surface area contributed by atoms with Crippen LogP contribution in [0, 0.1) is 0 Å². The maximum absolute atomic E-state index is 12.6. The van der Waals surface area contributed by atoms with Crippen LogP contribution in [0.2, 0.25) is 0 Å². The average molecular weight is 297 g/mol. The molecule has 114 valence electrons. The van der Waals surface area contributed by atoms with Gasteiger partial charge in [-0.05, 0) is 30.4 Å². The van der Waals surface area contributed by atoms with Crippen LogP contribution < -0.4 is 5.32 Å². The standard InChI is InChI=1S/C17H19N3O2/c21-17(19-14-5-6-14)16-7-12-3-1-2-4-13(12)8-20(16)9-15-10-22-11-18-15/h1-4,10-11,14,16H,5-9H2,(H,19,21)/t16-/m1/s1. The molecule has 1 saturated carbocycles. The van der Waals surface area contributed by atoms with Gasteiger partial charge in [0.05, 0.1) is 11.7 Å². The molecule has 0 radical (unpaired) electrons. The summed E-state index contributed by atoms with van der Waals surface area (Å²) in [5, 5.41) is 3.14. The van der Waals surface area contributed by atoms with E-state index < -0.39 is 0 Å². The Morgan fingerprint density at radius 1 is 1.32 bits per heavy atom. The van der Waals surface area contributed by atoms with Gasteiger partial charge in [0, 0.05) is 19.1 Å². The van der Waals surface area contributed by atoms with E-state index in [-0.39, 0.29) is 11.9 Å². The van der Waals surface area contributed by atoms with Crippen LogP contribution in [0.5, 0.6) is 0 Å². The van der Waals surface area contributed by atoms with E-state index in [2.05, 4.69) is 33.4 Å². The predicted octanol–water partition coefficient (Wildman–Crippen LogP) is 1.88. The summed E-state index contributed by atoms with van der Waals surface area (Å²) < 4.78 is 5.06. The zero-order chi connectivity index (χ0) is 14.9. The minimum atomic E-state index is -0.132. The number of hydrogen-bond donors (Lipinski definition) is 1. The number of benzene rings is 1. The lowest BCUT2D eigenvalue weighted by molar-refractivity contribution is -0.127. The third-order valence-electron chi connectivity index (χ3n) is 4.42. The fourth-order valence-electron chi connectivity index (χ4n) is 3.05. The molecule has 22 heavy (non-hydrogen) atoms. The Labute approximate surface area is 129 Å². The highest BCUT2D eigenvalue weighted by atomic mass is 16.3. The van der Waals surface area contributed by atoms with E-state index in [1.54, 1.807) is 6.26 Å². The number of carbonyl (C=O) groups is 1. The summed E-state index contributed by atoms with van der Waals surface area (Å²) in [5.41, 5.74) is 3.43. The summed E-state index contributed by atoms with van der Waals surface area (Å²) >= 11 is 0. The van der Waals surface area contributed by atoms with Gasteiger partial charge in [-0.25, -0.2) is 4.98 Å². The number of hydrogen-bond acceptors (Lipinski definition) is 4. The first-order valence-electron chi connectivity index (χ1n) is 7.78. The fraction of sp³-hybridized carbons (Fsp3) is 0.412. The van der Waals surface area contributed by atoms with Crippen molar-refractivity contribution in [3.8, 4) is 0 Å². The highest BCUT2D eigenvalue weighted by Gasteiger charge is 2.34. The van der Waals surface area contributed by atoms with Crippen LogP contribution in [-0.2, 0) is 24.3 Å². The molecule has 1 atom stereocenters. The van der Waals surface area contributed by atoms with Crippen molar-refractivity contribution >= 4 is 5.91 Å². The lowest BCUT2D eigenvalue weighted by atomic mass is 9.93. The molecule has 1 fully saturated rings. The normalized spacial score (nSPS) is 21.4. The SMILES string of the molecule is O=C(NC1CC1)[C@H]1Cc2ccccc2CN1Cc1cocn1. The van der Waals surface area contributed by atoms with Gasteiger partial charge in [0.1, 0.15) is 6.26 Å².